The van der Waals surface area contributed by atoms with Crippen LogP contribution in [0.15, 0.2) is 93.0 Å². The first-order valence-electron chi connectivity index (χ1n) is 11.5. The van der Waals surface area contributed by atoms with Crippen molar-refractivity contribution < 1.29 is 109 Å². The number of nitrogens with one attached hydrogen (secondary N) is 2. The monoisotopic (exact) mass is 678 g/mol. The Morgan fingerprint density at radius 3 is 1.82 bits per heavy atom. The third kappa shape index (κ3) is 8.55. The normalized spacial score (nSPS) is 14.8. The number of hydrazine groups is 1. The number of H-pyrrole nitrogens is 1. The van der Waals surface area contributed by atoms with Gasteiger partial charge in [-0.3, -0.25) is 24.9 Å². The number of aromatic amines is 1. The topological polar surface area (TPSA) is 222 Å². The van der Waals surface area contributed by atoms with Gasteiger partial charge >= 0.3 is 59.1 Å². The zero-order valence-electron chi connectivity index (χ0n) is 23.1. The number of benzene rings is 2. The first-order valence-corrected chi connectivity index (χ1v) is 14.3. The standard InChI is InChI=1S/C25H18F2N4O10S2.2Na/c26-18-12-14(42(36,37)38)8-10-20(18)30-24(34)16(22(32)28-30)6-4-2-1-3-5-7-17-23(33)29-31(25(17)35)21-11-9-15(13-19(21)27)43(39,40)41;;/h1-13,34H,(H,28,32)(H,29,33)(H,36,37,38)(H,39,40,41);;/q;2*+1/p-2/b2-1+,5-3+,6-4+,17-7-;;/i26-1,27-1;;. The van der Waals surface area contributed by atoms with E-state index in [1.165, 1.54) is 30.4 Å². The van der Waals surface area contributed by atoms with Crippen molar-refractivity contribution >= 4 is 43.8 Å². The zero-order chi connectivity index (χ0) is 31.7. The molecule has 1 fully saturated rings. The average Bonchev–Trinajstić information content (AvgIpc) is 3.35. The molecule has 2 heterocycles. The van der Waals surface area contributed by atoms with Gasteiger partial charge < -0.3 is 14.2 Å². The Bertz CT molecular complexity index is 2070. The summed E-state index contributed by atoms with van der Waals surface area (Å²) in [6.07, 6.45) is 8.99. The molecule has 0 radical (unpaired) electrons. The fraction of sp³-hybridized carbons (Fsp3) is 0. The van der Waals surface area contributed by atoms with E-state index < -0.39 is 81.9 Å². The molecular formula is C25H16F2N4Na2O10S2. The molecule has 3 N–H and O–H groups in total. The molecule has 4 rings (SSSR count). The van der Waals surface area contributed by atoms with Crippen molar-refractivity contribution in [2.75, 3.05) is 5.01 Å². The maximum atomic E-state index is 14.4. The smallest absolute Gasteiger partial charge is 0.744 e. The number of nitrogens with zero attached hydrogens (tertiary/aromatic N) is 2. The molecule has 1 aliphatic rings. The van der Waals surface area contributed by atoms with Gasteiger partial charge in [-0.15, -0.1) is 0 Å². The van der Waals surface area contributed by atoms with E-state index in [1.54, 1.807) is 0 Å². The summed E-state index contributed by atoms with van der Waals surface area (Å²) in [5, 5.41) is 13.1. The quantitative estimate of drug-likeness (QED) is 0.0678. The van der Waals surface area contributed by atoms with Crippen LogP contribution < -0.4 is 75.1 Å². The van der Waals surface area contributed by atoms with Crippen molar-refractivity contribution in [2.45, 2.75) is 9.79 Å². The van der Waals surface area contributed by atoms with Crippen LogP contribution in [0.1, 0.15) is 5.56 Å². The Morgan fingerprint density at radius 2 is 1.29 bits per heavy atom. The molecule has 0 spiro atoms. The van der Waals surface area contributed by atoms with Crippen LogP contribution in [0.4, 0.5) is 14.5 Å². The van der Waals surface area contributed by atoms with Gasteiger partial charge in [0.15, 0.2) is 0 Å². The summed E-state index contributed by atoms with van der Waals surface area (Å²) in [4.78, 5) is 35.3. The minimum absolute atomic E-state index is 0. The number of anilines is 1. The van der Waals surface area contributed by atoms with Gasteiger partial charge in [-0.2, -0.15) is 0 Å². The van der Waals surface area contributed by atoms with Crippen LogP contribution in [0.2, 0.25) is 0 Å². The Kier molecular flexibility index (Phi) is 12.6. The molecule has 0 atom stereocenters. The maximum absolute atomic E-state index is 14.4. The first-order chi connectivity index (χ1) is 20.1. The third-order valence-electron chi connectivity index (χ3n) is 5.67. The van der Waals surface area contributed by atoms with E-state index in [2.05, 4.69) is 10.5 Å². The van der Waals surface area contributed by atoms with E-state index in [-0.39, 0.29) is 64.7 Å². The zero-order valence-corrected chi connectivity index (χ0v) is 28.7. The summed E-state index contributed by atoms with van der Waals surface area (Å²) in [6.45, 7) is 0. The largest absolute Gasteiger partial charge is 1.00 e. The number of hydrogen-bond acceptors (Lipinski definition) is 10. The molecule has 45 heavy (non-hydrogen) atoms. The second kappa shape index (κ2) is 14.9. The first kappa shape index (κ1) is 38.0. The Labute approximate surface area is 297 Å². The number of aromatic hydroxyl groups is 1. The van der Waals surface area contributed by atoms with Gasteiger partial charge in [0, 0.05) is 0 Å². The number of halogens is 2. The molecule has 0 unspecified atom stereocenters. The van der Waals surface area contributed by atoms with Crippen molar-refractivity contribution in [1.82, 2.24) is 15.2 Å². The summed E-state index contributed by atoms with van der Waals surface area (Å²) < 4.78 is 95.6. The molecule has 3 aromatic rings. The average molecular weight is 679 g/mol. The summed E-state index contributed by atoms with van der Waals surface area (Å²) >= 11 is 0. The predicted molar refractivity (Wildman–Crippen MR) is 141 cm³/mol. The summed E-state index contributed by atoms with van der Waals surface area (Å²) in [5.74, 6) is -5.02. The number of allylic oxidation sites excluding steroid dienone is 6. The second-order valence-electron chi connectivity index (χ2n) is 8.44. The Balaban J connectivity index is 0.00000353. The van der Waals surface area contributed by atoms with E-state index >= 15 is 0 Å². The maximum Gasteiger partial charge on any atom is 1.00 e. The van der Waals surface area contributed by atoms with Gasteiger partial charge in [0.05, 0.1) is 9.79 Å². The van der Waals surface area contributed by atoms with Gasteiger partial charge in [-0.25, -0.2) is 35.3 Å². The van der Waals surface area contributed by atoms with Crippen LogP contribution >= 0.6 is 0 Å². The van der Waals surface area contributed by atoms with Crippen LogP contribution in [-0.4, -0.2) is 52.6 Å². The van der Waals surface area contributed by atoms with E-state index in [4.69, 9.17) is 0 Å². The molecule has 1 aromatic heterocycles. The molecule has 1 aliphatic heterocycles. The third-order valence-corrected chi connectivity index (χ3v) is 7.33. The Hall–Kier alpha value is -3.17. The van der Waals surface area contributed by atoms with Crippen LogP contribution in [0.25, 0.3) is 11.8 Å². The van der Waals surface area contributed by atoms with Crippen molar-refractivity contribution in [3.05, 3.63) is 106 Å². The predicted octanol–water partition coefficient (Wildman–Crippen LogP) is -4.90. The number of aromatic nitrogens is 2. The van der Waals surface area contributed by atoms with E-state index in [9.17, 15) is 54.2 Å². The number of amides is 2. The van der Waals surface area contributed by atoms with E-state index in [0.29, 0.717) is 21.8 Å². The Morgan fingerprint density at radius 1 is 0.778 bits per heavy atom. The fourth-order valence-electron chi connectivity index (χ4n) is 3.65. The van der Waals surface area contributed by atoms with Crippen molar-refractivity contribution in [3.8, 4) is 11.6 Å². The fourth-order valence-corrected chi connectivity index (χ4v) is 4.62. The summed E-state index contributed by atoms with van der Waals surface area (Å²) in [5.41, 5.74) is -0.350. The van der Waals surface area contributed by atoms with Crippen LogP contribution in [-0.2, 0) is 29.8 Å². The van der Waals surface area contributed by atoms with Crippen molar-refractivity contribution in [2.24, 2.45) is 0 Å². The number of carbonyl (C=O) groups is 2. The number of hydrogen-bond donors (Lipinski definition) is 3. The molecule has 224 valence electrons. The van der Waals surface area contributed by atoms with Crippen LogP contribution in [0.5, 0.6) is 5.88 Å². The molecule has 14 nitrogen and oxygen atoms in total. The van der Waals surface area contributed by atoms with Gasteiger partial charge in [0.1, 0.15) is 54.4 Å². The van der Waals surface area contributed by atoms with Gasteiger partial charge in [0.2, 0.25) is 5.88 Å². The van der Waals surface area contributed by atoms with Gasteiger partial charge in [0.25, 0.3) is 17.4 Å². The number of rotatable bonds is 8. The van der Waals surface area contributed by atoms with Crippen LogP contribution in [0, 0.1) is 11.6 Å². The van der Waals surface area contributed by atoms with Gasteiger partial charge in [-0.1, -0.05) is 30.4 Å². The molecule has 2 aromatic carbocycles. The summed E-state index contributed by atoms with van der Waals surface area (Å²) in [7, 11) is -9.87. The van der Waals surface area contributed by atoms with Crippen molar-refractivity contribution in [1.29, 1.82) is 0 Å². The molecule has 2 amide bonds. The molecule has 20 heteroatoms. The molecular weight excluding hydrogens is 662 g/mol. The van der Waals surface area contributed by atoms with Gasteiger partial charge in [-0.05, 0) is 48.6 Å². The van der Waals surface area contributed by atoms with E-state index in [0.717, 1.165) is 36.4 Å². The van der Waals surface area contributed by atoms with Crippen LogP contribution in [0.3, 0.4) is 0 Å². The second-order valence-corrected chi connectivity index (χ2v) is 11.2. The molecule has 0 aliphatic carbocycles. The van der Waals surface area contributed by atoms with E-state index in [1.807, 2.05) is 0 Å². The number of carbonyl (C=O) groups excluding carboxylic acids is 2. The molecule has 1 saturated heterocycles. The summed E-state index contributed by atoms with van der Waals surface area (Å²) in [6, 6.07) is 4.16. The minimum atomic E-state index is -4.94. The molecule has 0 saturated carbocycles. The molecule has 0 bridgehead atoms. The minimum Gasteiger partial charge on any atom is -0.744 e. The van der Waals surface area contributed by atoms with Crippen molar-refractivity contribution in [3.63, 3.8) is 0 Å². The SMILES string of the molecule is O=C1NN(c2ccc(S(=O)(=O)[O-])cc2[18F])C(=O)\C1=C/C=C/C=C/C=C/c1c(O)n(-c2ccc(S(=O)(=O)[O-])cc2[18F])[nH]c1=O.[Na+].[Na+].